The van der Waals surface area contributed by atoms with Gasteiger partial charge >= 0.3 is 5.97 Å². The van der Waals surface area contributed by atoms with Crippen molar-refractivity contribution < 1.29 is 14.6 Å². The quantitative estimate of drug-likeness (QED) is 0.609. The number of halogens is 1. The molecule has 0 amide bonds. The van der Waals surface area contributed by atoms with Crippen LogP contribution in [0.3, 0.4) is 0 Å². The third kappa shape index (κ3) is 1.89. The van der Waals surface area contributed by atoms with E-state index in [0.717, 1.165) is 25.7 Å². The van der Waals surface area contributed by atoms with Crippen LogP contribution in [0.15, 0.2) is 11.6 Å². The molecule has 0 radical (unpaired) electrons. The lowest BCUT2D eigenvalue weighted by Gasteiger charge is -2.59. The normalized spacial score (nSPS) is 46.9. The zero-order chi connectivity index (χ0) is 12.3. The largest absolute Gasteiger partial charge is 0.455 e. The van der Waals surface area contributed by atoms with E-state index in [-0.39, 0.29) is 5.03 Å². The number of carbonyl (C=O) groups is 1. The first kappa shape index (κ1) is 11.5. The molecule has 0 aromatic carbocycles. The van der Waals surface area contributed by atoms with E-state index in [9.17, 15) is 9.90 Å². The van der Waals surface area contributed by atoms with Crippen molar-refractivity contribution in [2.45, 2.75) is 49.7 Å². The van der Waals surface area contributed by atoms with Gasteiger partial charge in [0.05, 0.1) is 5.60 Å². The highest BCUT2D eigenvalue weighted by Crippen LogP contribution is 2.58. The molecule has 4 heteroatoms. The number of hydrogen-bond acceptors (Lipinski definition) is 3. The number of aliphatic hydroxyl groups is 1. The van der Waals surface area contributed by atoms with Crippen LogP contribution < -0.4 is 0 Å². The molecule has 17 heavy (non-hydrogen) atoms. The van der Waals surface area contributed by atoms with Gasteiger partial charge in [-0.25, -0.2) is 4.79 Å². The predicted octanol–water partition coefficient (Wildman–Crippen LogP) is 2.37. The van der Waals surface area contributed by atoms with E-state index >= 15 is 0 Å². The van der Waals surface area contributed by atoms with E-state index in [2.05, 4.69) is 6.58 Å². The van der Waals surface area contributed by atoms with Crippen LogP contribution in [-0.4, -0.2) is 22.3 Å². The minimum Gasteiger partial charge on any atom is -0.455 e. The highest BCUT2D eigenvalue weighted by Gasteiger charge is 2.59. The molecule has 4 rings (SSSR count). The molecule has 0 aromatic rings. The topological polar surface area (TPSA) is 46.5 Å². The van der Waals surface area contributed by atoms with E-state index in [1.165, 1.54) is 6.42 Å². The van der Waals surface area contributed by atoms with Crippen molar-refractivity contribution in [2.75, 3.05) is 0 Å². The van der Waals surface area contributed by atoms with Crippen molar-refractivity contribution in [1.29, 1.82) is 0 Å². The summed E-state index contributed by atoms with van der Waals surface area (Å²) < 4.78 is 5.55. The van der Waals surface area contributed by atoms with Gasteiger partial charge in [-0.2, -0.15) is 0 Å². The Morgan fingerprint density at radius 3 is 2.35 bits per heavy atom. The molecule has 4 aliphatic carbocycles. The van der Waals surface area contributed by atoms with E-state index < -0.39 is 17.2 Å². The Labute approximate surface area is 106 Å². The van der Waals surface area contributed by atoms with E-state index in [4.69, 9.17) is 16.3 Å². The first-order chi connectivity index (χ1) is 7.90. The van der Waals surface area contributed by atoms with Crippen LogP contribution in [0.4, 0.5) is 0 Å². The summed E-state index contributed by atoms with van der Waals surface area (Å²) in [7, 11) is 0. The molecule has 2 atom stereocenters. The van der Waals surface area contributed by atoms with Crippen molar-refractivity contribution in [3.8, 4) is 0 Å². The van der Waals surface area contributed by atoms with Crippen molar-refractivity contribution in [2.24, 2.45) is 11.8 Å². The smallest absolute Gasteiger partial charge is 0.349 e. The number of esters is 1. The number of carbonyl (C=O) groups excluding carboxylic acids is 1. The van der Waals surface area contributed by atoms with Gasteiger partial charge in [0.25, 0.3) is 0 Å². The maximum atomic E-state index is 11.6. The number of hydrogen-bond donors (Lipinski definition) is 1. The summed E-state index contributed by atoms with van der Waals surface area (Å²) in [6, 6.07) is 0. The van der Waals surface area contributed by atoms with Gasteiger partial charge in [0, 0.05) is 6.42 Å². The van der Waals surface area contributed by atoms with Gasteiger partial charge < -0.3 is 9.84 Å². The zero-order valence-electron chi connectivity index (χ0n) is 9.75. The molecule has 4 saturated carbocycles. The molecule has 0 spiro atoms. The molecule has 4 aliphatic rings. The molecule has 1 N–H and O–H groups in total. The number of rotatable bonds is 2. The van der Waals surface area contributed by atoms with Crippen LogP contribution in [0.1, 0.15) is 38.5 Å². The van der Waals surface area contributed by atoms with Crippen LogP contribution in [0, 0.1) is 11.8 Å². The fourth-order valence-electron chi connectivity index (χ4n) is 4.50. The van der Waals surface area contributed by atoms with E-state index in [1.807, 2.05) is 0 Å². The first-order valence-electron chi connectivity index (χ1n) is 6.20. The second-order valence-electron chi connectivity index (χ2n) is 6.16. The van der Waals surface area contributed by atoms with Crippen LogP contribution in [0.25, 0.3) is 0 Å². The fraction of sp³-hybridized carbons (Fsp3) is 0.769. The van der Waals surface area contributed by atoms with Crippen molar-refractivity contribution >= 4 is 17.6 Å². The molecular weight excluding hydrogens is 240 g/mol. The Hall–Kier alpha value is -0.540. The van der Waals surface area contributed by atoms with Gasteiger partial charge in [-0.3, -0.25) is 0 Å². The molecular formula is C13H17ClO3. The zero-order valence-corrected chi connectivity index (χ0v) is 10.5. The van der Waals surface area contributed by atoms with Crippen LogP contribution in [0.5, 0.6) is 0 Å². The minimum absolute atomic E-state index is 0.0762. The second-order valence-corrected chi connectivity index (χ2v) is 6.62. The predicted molar refractivity (Wildman–Crippen MR) is 63.4 cm³/mol. The van der Waals surface area contributed by atoms with Crippen LogP contribution >= 0.6 is 11.6 Å². The minimum atomic E-state index is -0.613. The Morgan fingerprint density at radius 1 is 1.29 bits per heavy atom. The molecule has 0 saturated heterocycles. The third-order valence-corrected chi connectivity index (χ3v) is 4.66. The SMILES string of the molecule is C=C(Cl)C(=O)OC12CC3CC(CC(O)(C3)C1)C2. The van der Waals surface area contributed by atoms with E-state index in [1.54, 1.807) is 0 Å². The maximum absolute atomic E-state index is 11.6. The first-order valence-corrected chi connectivity index (χ1v) is 6.58. The van der Waals surface area contributed by atoms with Gasteiger partial charge in [-0.05, 0) is 43.9 Å². The van der Waals surface area contributed by atoms with Crippen molar-refractivity contribution in [1.82, 2.24) is 0 Å². The summed E-state index contributed by atoms with van der Waals surface area (Å²) in [5.41, 5.74) is -1.09. The molecule has 3 nitrogen and oxygen atoms in total. The Bertz CT molecular complexity index is 376. The summed E-state index contributed by atoms with van der Waals surface area (Å²) in [6.45, 7) is 3.40. The summed E-state index contributed by atoms with van der Waals surface area (Å²) in [5.74, 6) is 0.465. The average Bonchev–Trinajstić information content (AvgIpc) is 2.11. The van der Waals surface area contributed by atoms with Crippen molar-refractivity contribution in [3.63, 3.8) is 0 Å². The molecule has 0 aromatic heterocycles. The lowest BCUT2D eigenvalue weighted by Crippen LogP contribution is -2.60. The molecule has 2 unspecified atom stereocenters. The second kappa shape index (κ2) is 3.48. The van der Waals surface area contributed by atoms with Gasteiger partial charge in [0.2, 0.25) is 0 Å². The monoisotopic (exact) mass is 256 g/mol. The van der Waals surface area contributed by atoms with Crippen molar-refractivity contribution in [3.05, 3.63) is 11.6 Å². The molecule has 4 bridgehead atoms. The highest BCUT2D eigenvalue weighted by atomic mass is 35.5. The molecule has 4 fully saturated rings. The molecule has 0 aliphatic heterocycles. The van der Waals surface area contributed by atoms with Gasteiger partial charge in [-0.1, -0.05) is 18.2 Å². The maximum Gasteiger partial charge on any atom is 0.349 e. The van der Waals surface area contributed by atoms with Crippen LogP contribution in [0.2, 0.25) is 0 Å². The standard InChI is InChI=1S/C13H17ClO3/c1-8(14)11(15)17-13-5-9-2-10(6-13)4-12(16,3-9)7-13/h9-10,16H,1-7H2. The molecule has 94 valence electrons. The summed E-state index contributed by atoms with van der Waals surface area (Å²) in [5, 5.41) is 10.4. The Kier molecular flexibility index (Phi) is 2.37. The lowest BCUT2D eigenvalue weighted by molar-refractivity contribution is -0.216. The summed E-state index contributed by atoms with van der Waals surface area (Å²) >= 11 is 5.57. The number of ether oxygens (including phenoxy) is 1. The third-order valence-electron chi connectivity index (χ3n) is 4.51. The van der Waals surface area contributed by atoms with Crippen LogP contribution in [-0.2, 0) is 9.53 Å². The molecule has 0 heterocycles. The summed E-state index contributed by atoms with van der Waals surface area (Å²) in [6.07, 6.45) is 5.23. The Balaban J connectivity index is 1.83. The van der Waals surface area contributed by atoms with E-state index in [0.29, 0.717) is 18.3 Å². The highest BCUT2D eigenvalue weighted by molar-refractivity contribution is 6.40. The average molecular weight is 257 g/mol. The lowest BCUT2D eigenvalue weighted by atomic mass is 9.52. The van der Waals surface area contributed by atoms with Gasteiger partial charge in [-0.15, -0.1) is 0 Å². The fourth-order valence-corrected chi connectivity index (χ4v) is 4.54. The summed E-state index contributed by atoms with van der Waals surface area (Å²) in [4.78, 5) is 11.6. The van der Waals surface area contributed by atoms with Gasteiger partial charge in [0.15, 0.2) is 0 Å². The Morgan fingerprint density at radius 2 is 1.88 bits per heavy atom. The van der Waals surface area contributed by atoms with Gasteiger partial charge in [0.1, 0.15) is 10.6 Å².